The van der Waals surface area contributed by atoms with Crippen LogP contribution in [-0.2, 0) is 0 Å². The third kappa shape index (κ3) is 4.66. The van der Waals surface area contributed by atoms with Gasteiger partial charge < -0.3 is 10.2 Å². The summed E-state index contributed by atoms with van der Waals surface area (Å²) in [6.45, 7) is 1.43. The molecule has 0 bridgehead atoms. The van der Waals surface area contributed by atoms with Gasteiger partial charge in [0.15, 0.2) is 0 Å². The van der Waals surface area contributed by atoms with Crippen molar-refractivity contribution in [3.8, 4) is 28.5 Å². The van der Waals surface area contributed by atoms with Crippen LogP contribution >= 0.6 is 0 Å². The zero-order valence-electron chi connectivity index (χ0n) is 19.6. The van der Waals surface area contributed by atoms with E-state index in [2.05, 4.69) is 10.3 Å². The van der Waals surface area contributed by atoms with E-state index in [1.165, 1.54) is 18.2 Å². The highest BCUT2D eigenvalue weighted by Gasteiger charge is 2.25. The molecule has 1 saturated heterocycles. The van der Waals surface area contributed by atoms with Crippen LogP contribution in [0.4, 0.5) is 8.78 Å². The van der Waals surface area contributed by atoms with Gasteiger partial charge in [0.25, 0.3) is 5.91 Å². The number of halogens is 2. The predicted octanol–water partition coefficient (Wildman–Crippen LogP) is 4.94. The van der Waals surface area contributed by atoms with Gasteiger partial charge in [-0.3, -0.25) is 9.78 Å². The van der Waals surface area contributed by atoms with Crippen LogP contribution in [0, 0.1) is 23.0 Å². The summed E-state index contributed by atoms with van der Waals surface area (Å²) in [6, 6.07) is 15.5. The van der Waals surface area contributed by atoms with Crippen LogP contribution in [0.2, 0.25) is 0 Å². The van der Waals surface area contributed by atoms with Crippen LogP contribution in [0.5, 0.6) is 0 Å². The molecular formula is C28H23F2N5O. The van der Waals surface area contributed by atoms with E-state index in [0.717, 1.165) is 25.5 Å². The average molecular weight is 484 g/mol. The second-order valence-corrected chi connectivity index (χ2v) is 8.94. The van der Waals surface area contributed by atoms with Gasteiger partial charge in [-0.05, 0) is 67.4 Å². The van der Waals surface area contributed by atoms with Crippen molar-refractivity contribution in [3.05, 3.63) is 83.6 Å². The van der Waals surface area contributed by atoms with E-state index in [1.54, 1.807) is 48.5 Å². The topological polar surface area (TPSA) is 81.9 Å². The molecule has 0 saturated carbocycles. The summed E-state index contributed by atoms with van der Waals surface area (Å²) in [7, 11) is 1.74. The van der Waals surface area contributed by atoms with Gasteiger partial charge in [-0.1, -0.05) is 12.1 Å². The van der Waals surface area contributed by atoms with Gasteiger partial charge in [0, 0.05) is 37.0 Å². The first-order valence-corrected chi connectivity index (χ1v) is 11.7. The molecule has 36 heavy (non-hydrogen) atoms. The molecule has 1 N–H and O–H groups in total. The minimum Gasteiger partial charge on any atom is -0.340 e. The molecule has 1 aliphatic heterocycles. The predicted molar refractivity (Wildman–Crippen MR) is 133 cm³/mol. The monoisotopic (exact) mass is 483 g/mol. The van der Waals surface area contributed by atoms with E-state index in [9.17, 15) is 18.8 Å². The molecule has 0 radical (unpaired) electrons. The summed E-state index contributed by atoms with van der Waals surface area (Å²) in [4.78, 5) is 24.7. The second-order valence-electron chi connectivity index (χ2n) is 8.94. The molecule has 5 rings (SSSR count). The van der Waals surface area contributed by atoms with Crippen molar-refractivity contribution in [1.29, 1.82) is 5.26 Å². The van der Waals surface area contributed by atoms with Crippen LogP contribution < -0.4 is 5.32 Å². The number of aromatic nitrogens is 2. The highest BCUT2D eigenvalue weighted by molar-refractivity contribution is 6.10. The van der Waals surface area contributed by atoms with Crippen molar-refractivity contribution in [2.45, 2.75) is 18.9 Å². The highest BCUT2D eigenvalue weighted by atomic mass is 19.1. The lowest BCUT2D eigenvalue weighted by molar-refractivity contribution is 0.0786. The van der Waals surface area contributed by atoms with Crippen LogP contribution in [0.25, 0.3) is 33.4 Å². The zero-order valence-corrected chi connectivity index (χ0v) is 19.6. The second kappa shape index (κ2) is 9.80. The first-order valence-electron chi connectivity index (χ1n) is 11.7. The zero-order chi connectivity index (χ0) is 25.2. The first-order chi connectivity index (χ1) is 17.4. The molecule has 1 amide bonds. The Morgan fingerprint density at radius 2 is 1.97 bits per heavy atom. The molecule has 8 heteroatoms. The van der Waals surface area contributed by atoms with Crippen molar-refractivity contribution in [3.63, 3.8) is 0 Å². The van der Waals surface area contributed by atoms with Crippen LogP contribution in [-0.4, -0.2) is 47.0 Å². The number of nitriles is 1. The normalized spacial score (nSPS) is 15.1. The van der Waals surface area contributed by atoms with Gasteiger partial charge in [0.05, 0.1) is 28.4 Å². The molecule has 1 aliphatic rings. The Hall–Kier alpha value is -4.22. The molecule has 1 fully saturated rings. The first kappa shape index (κ1) is 23.5. The fourth-order valence-corrected chi connectivity index (χ4v) is 4.64. The van der Waals surface area contributed by atoms with Crippen molar-refractivity contribution in [2.24, 2.45) is 0 Å². The van der Waals surface area contributed by atoms with Gasteiger partial charge >= 0.3 is 0 Å². The van der Waals surface area contributed by atoms with Crippen molar-refractivity contribution in [2.75, 3.05) is 20.1 Å². The minimum atomic E-state index is -0.558. The Labute approximate surface area is 207 Å². The maximum absolute atomic E-state index is 14.2. The minimum absolute atomic E-state index is 0.165. The molecule has 180 valence electrons. The summed E-state index contributed by atoms with van der Waals surface area (Å²) in [5.41, 5.74) is 3.03. The number of nitrogens with one attached hydrogen (secondary N) is 1. The third-order valence-corrected chi connectivity index (χ3v) is 6.39. The average Bonchev–Trinajstić information content (AvgIpc) is 3.39. The van der Waals surface area contributed by atoms with Gasteiger partial charge in [-0.25, -0.2) is 13.8 Å². The van der Waals surface area contributed by atoms with Crippen molar-refractivity contribution >= 4 is 16.9 Å². The SMILES string of the molecule is CN(C[C@@H]1CCCN1)C(=O)c1c(-c2cccc(F)c2)cnc2ccc(-c3cc(F)cc(C#N)c3)nc12. The van der Waals surface area contributed by atoms with Crippen LogP contribution in [0.15, 0.2) is 60.8 Å². The number of benzene rings is 2. The molecule has 4 aromatic rings. The van der Waals surface area contributed by atoms with Crippen LogP contribution in [0.3, 0.4) is 0 Å². The third-order valence-electron chi connectivity index (χ3n) is 6.39. The molecule has 3 heterocycles. The number of fused-ring (bicyclic) bond motifs is 1. The van der Waals surface area contributed by atoms with Gasteiger partial charge in [0.1, 0.15) is 17.2 Å². The van der Waals surface area contributed by atoms with Gasteiger partial charge in [-0.2, -0.15) is 5.26 Å². The van der Waals surface area contributed by atoms with E-state index < -0.39 is 11.6 Å². The summed E-state index contributed by atoms with van der Waals surface area (Å²) >= 11 is 0. The Morgan fingerprint density at radius 1 is 1.14 bits per heavy atom. The number of likely N-dealkylation sites (N-methyl/N-ethyl adjacent to an activating group) is 1. The summed E-state index contributed by atoms with van der Waals surface area (Å²) in [5, 5.41) is 12.7. The smallest absolute Gasteiger partial charge is 0.256 e. The molecule has 6 nitrogen and oxygen atoms in total. The fraction of sp³-hybridized carbons (Fsp3) is 0.214. The number of carbonyl (C=O) groups is 1. The fourth-order valence-electron chi connectivity index (χ4n) is 4.64. The van der Waals surface area contributed by atoms with Crippen molar-refractivity contribution in [1.82, 2.24) is 20.2 Å². The Bertz CT molecular complexity index is 1510. The number of hydrogen-bond acceptors (Lipinski definition) is 5. The summed E-state index contributed by atoms with van der Waals surface area (Å²) in [5.74, 6) is -1.25. The van der Waals surface area contributed by atoms with Crippen molar-refractivity contribution < 1.29 is 13.6 Å². The number of nitrogens with zero attached hydrogens (tertiary/aromatic N) is 4. The number of amides is 1. The molecule has 2 aromatic carbocycles. The maximum Gasteiger partial charge on any atom is 0.256 e. The van der Waals surface area contributed by atoms with E-state index in [0.29, 0.717) is 45.5 Å². The summed E-state index contributed by atoms with van der Waals surface area (Å²) in [6.07, 6.45) is 3.60. The van der Waals surface area contributed by atoms with E-state index >= 15 is 0 Å². The Morgan fingerprint density at radius 3 is 2.72 bits per heavy atom. The number of carbonyl (C=O) groups excluding carboxylic acids is 1. The molecule has 0 aliphatic carbocycles. The molecule has 0 unspecified atom stereocenters. The Balaban J connectivity index is 1.69. The molecule has 0 spiro atoms. The quantitative estimate of drug-likeness (QED) is 0.435. The number of pyridine rings is 2. The molecular weight excluding hydrogens is 460 g/mol. The number of rotatable bonds is 5. The highest BCUT2D eigenvalue weighted by Crippen LogP contribution is 2.31. The lowest BCUT2D eigenvalue weighted by Gasteiger charge is -2.23. The van der Waals surface area contributed by atoms with Gasteiger partial charge in [-0.15, -0.1) is 0 Å². The largest absolute Gasteiger partial charge is 0.340 e. The maximum atomic E-state index is 14.2. The van der Waals surface area contributed by atoms with Crippen LogP contribution in [0.1, 0.15) is 28.8 Å². The van der Waals surface area contributed by atoms with E-state index in [-0.39, 0.29) is 17.5 Å². The molecule has 2 aromatic heterocycles. The van der Waals surface area contributed by atoms with E-state index in [1.807, 2.05) is 6.07 Å². The van der Waals surface area contributed by atoms with Gasteiger partial charge in [0.2, 0.25) is 0 Å². The van der Waals surface area contributed by atoms with E-state index in [4.69, 9.17) is 4.98 Å². The summed E-state index contributed by atoms with van der Waals surface area (Å²) < 4.78 is 28.3. The molecule has 1 atom stereocenters. The Kier molecular flexibility index (Phi) is 6.40. The lowest BCUT2D eigenvalue weighted by Crippen LogP contribution is -2.39. The standard InChI is InChI=1S/C28H23F2N5O/c1-35(16-22-6-3-9-32-22)28(36)26-23(18-4-2-5-20(29)12-18)15-33-25-8-7-24(34-27(25)26)19-10-17(14-31)11-21(30)13-19/h2,4-5,7-8,10-13,15,22,32H,3,6,9,16H2,1H3/t22-/m0/s1. The number of hydrogen-bond donors (Lipinski definition) is 1. The lowest BCUT2D eigenvalue weighted by atomic mass is 9.98.